The number of hydrogen-bond donors (Lipinski definition) is 4. The van der Waals surface area contributed by atoms with Crippen LogP contribution in [0.15, 0.2) is 12.1 Å². The molecule has 0 aliphatic carbocycles. The molecule has 1 aromatic carbocycles. The number of nitrogen functional groups attached to an aromatic ring is 1. The lowest BCUT2D eigenvalue weighted by molar-refractivity contribution is -0.120. The summed E-state index contributed by atoms with van der Waals surface area (Å²) < 4.78 is 0. The number of carbonyl (C=O) groups is 2. The second-order valence-corrected chi connectivity index (χ2v) is 5.22. The third-order valence-electron chi connectivity index (χ3n) is 3.06. The maximum atomic E-state index is 11.6. The molecule has 108 valence electrons. The summed E-state index contributed by atoms with van der Waals surface area (Å²) >= 11 is 0. The van der Waals surface area contributed by atoms with E-state index in [1.165, 1.54) is 0 Å². The van der Waals surface area contributed by atoms with E-state index in [-0.39, 0.29) is 24.4 Å². The van der Waals surface area contributed by atoms with Crippen molar-refractivity contribution in [3.8, 4) is 0 Å². The fourth-order valence-electron chi connectivity index (χ4n) is 2.15. The maximum Gasteiger partial charge on any atom is 0.239 e. The average Bonchev–Trinajstić information content (AvgIpc) is 2.36. The summed E-state index contributed by atoms with van der Waals surface area (Å²) in [4.78, 5) is 23.0. The summed E-state index contributed by atoms with van der Waals surface area (Å²) in [6.45, 7) is 3.95. The number of carbonyl (C=O) groups excluding carboxylic acids is 2. The van der Waals surface area contributed by atoms with Gasteiger partial charge in [-0.05, 0) is 38.0 Å². The van der Waals surface area contributed by atoms with Crippen LogP contribution >= 0.6 is 0 Å². The van der Waals surface area contributed by atoms with Crippen LogP contribution in [0.5, 0.6) is 0 Å². The Balaban J connectivity index is 2.07. The highest BCUT2D eigenvalue weighted by Gasteiger charge is 2.16. The molecule has 2 amide bonds. The number of nitrogens with two attached hydrogens (primary N) is 1. The summed E-state index contributed by atoms with van der Waals surface area (Å²) in [7, 11) is 0. The summed E-state index contributed by atoms with van der Waals surface area (Å²) in [5.41, 5.74) is 8.99. The topological polar surface area (TPSA) is 96.2 Å². The second kappa shape index (κ2) is 5.81. The van der Waals surface area contributed by atoms with Gasteiger partial charge in [0.15, 0.2) is 0 Å². The van der Waals surface area contributed by atoms with Gasteiger partial charge in [0, 0.05) is 18.2 Å². The number of amides is 2. The zero-order valence-corrected chi connectivity index (χ0v) is 11.7. The first-order valence-electron chi connectivity index (χ1n) is 6.71. The average molecular weight is 276 g/mol. The van der Waals surface area contributed by atoms with Gasteiger partial charge in [0.05, 0.1) is 17.9 Å². The molecule has 1 heterocycles. The van der Waals surface area contributed by atoms with Gasteiger partial charge in [0.25, 0.3) is 0 Å². The van der Waals surface area contributed by atoms with Gasteiger partial charge in [0.1, 0.15) is 0 Å². The number of nitrogens with one attached hydrogen (secondary N) is 3. The molecule has 0 spiro atoms. The van der Waals surface area contributed by atoms with Gasteiger partial charge in [-0.1, -0.05) is 0 Å². The Labute approximate surface area is 118 Å². The second-order valence-electron chi connectivity index (χ2n) is 5.22. The highest BCUT2D eigenvalue weighted by Crippen LogP contribution is 2.30. The SMILES string of the molecule is CC(C)NC(=O)CNc1cc2c(cc1N)CCC(=O)N2. The van der Waals surface area contributed by atoms with E-state index in [0.29, 0.717) is 24.2 Å². The van der Waals surface area contributed by atoms with E-state index in [9.17, 15) is 9.59 Å². The maximum absolute atomic E-state index is 11.6. The lowest BCUT2D eigenvalue weighted by Gasteiger charge is -2.20. The van der Waals surface area contributed by atoms with Crippen LogP contribution in [0.2, 0.25) is 0 Å². The molecule has 0 saturated heterocycles. The quantitative estimate of drug-likeness (QED) is 0.619. The first kappa shape index (κ1) is 14.2. The predicted octanol–water partition coefficient (Wildman–Crippen LogP) is 1.09. The molecule has 0 radical (unpaired) electrons. The minimum atomic E-state index is -0.0962. The van der Waals surface area contributed by atoms with Crippen molar-refractivity contribution in [1.82, 2.24) is 5.32 Å². The van der Waals surface area contributed by atoms with Crippen LogP contribution in [0.1, 0.15) is 25.8 Å². The standard InChI is InChI=1S/C14H20N4O2/c1-8(2)17-14(20)7-16-12-6-11-9(5-10(12)15)3-4-13(19)18-11/h5-6,8,16H,3-4,7,15H2,1-2H3,(H,17,20)(H,18,19). The highest BCUT2D eigenvalue weighted by atomic mass is 16.2. The van der Waals surface area contributed by atoms with Crippen LogP contribution in [-0.4, -0.2) is 24.4 Å². The van der Waals surface area contributed by atoms with Gasteiger partial charge >= 0.3 is 0 Å². The lowest BCUT2D eigenvalue weighted by Crippen LogP contribution is -2.35. The number of hydrogen-bond acceptors (Lipinski definition) is 4. The summed E-state index contributed by atoms with van der Waals surface area (Å²) in [5.74, 6) is -0.0908. The molecule has 1 aromatic rings. The molecule has 1 aliphatic rings. The fourth-order valence-corrected chi connectivity index (χ4v) is 2.15. The van der Waals surface area contributed by atoms with Gasteiger partial charge < -0.3 is 21.7 Å². The van der Waals surface area contributed by atoms with Crippen molar-refractivity contribution in [2.45, 2.75) is 32.7 Å². The van der Waals surface area contributed by atoms with Crippen LogP contribution in [0.25, 0.3) is 0 Å². The summed E-state index contributed by atoms with van der Waals surface area (Å²) in [6, 6.07) is 3.73. The monoisotopic (exact) mass is 276 g/mol. The Morgan fingerprint density at radius 3 is 2.85 bits per heavy atom. The van der Waals surface area contributed by atoms with Crippen molar-refractivity contribution in [2.75, 3.05) is 22.9 Å². The summed E-state index contributed by atoms with van der Waals surface area (Å²) in [5, 5.41) is 8.60. The molecule has 0 fully saturated rings. The smallest absolute Gasteiger partial charge is 0.239 e. The number of fused-ring (bicyclic) bond motifs is 1. The number of benzene rings is 1. The van der Waals surface area contributed by atoms with Crippen LogP contribution in [0.4, 0.5) is 17.1 Å². The van der Waals surface area contributed by atoms with E-state index in [4.69, 9.17) is 5.73 Å². The molecular weight excluding hydrogens is 256 g/mol. The number of anilines is 3. The minimum Gasteiger partial charge on any atom is -0.397 e. The highest BCUT2D eigenvalue weighted by molar-refractivity contribution is 5.95. The normalized spacial score (nSPS) is 13.7. The molecule has 2 rings (SSSR count). The number of aryl methyl sites for hydroxylation is 1. The van der Waals surface area contributed by atoms with E-state index in [0.717, 1.165) is 11.3 Å². The van der Waals surface area contributed by atoms with Gasteiger partial charge in [0.2, 0.25) is 11.8 Å². The van der Waals surface area contributed by atoms with Crippen molar-refractivity contribution in [3.05, 3.63) is 17.7 Å². The molecule has 1 aliphatic heterocycles. The lowest BCUT2D eigenvalue weighted by atomic mass is 10.0. The van der Waals surface area contributed by atoms with Crippen molar-refractivity contribution >= 4 is 28.9 Å². The third-order valence-corrected chi connectivity index (χ3v) is 3.06. The van der Waals surface area contributed by atoms with E-state index >= 15 is 0 Å². The molecule has 0 atom stereocenters. The Hall–Kier alpha value is -2.24. The van der Waals surface area contributed by atoms with Crippen molar-refractivity contribution in [3.63, 3.8) is 0 Å². The first-order chi connectivity index (χ1) is 9.45. The van der Waals surface area contributed by atoms with Crippen molar-refractivity contribution < 1.29 is 9.59 Å². The van der Waals surface area contributed by atoms with E-state index < -0.39 is 0 Å². The van der Waals surface area contributed by atoms with Crippen molar-refractivity contribution in [2.24, 2.45) is 0 Å². The molecule has 0 unspecified atom stereocenters. The Morgan fingerprint density at radius 1 is 1.40 bits per heavy atom. The zero-order valence-electron chi connectivity index (χ0n) is 11.7. The molecule has 5 N–H and O–H groups in total. The summed E-state index contributed by atoms with van der Waals surface area (Å²) in [6.07, 6.45) is 1.18. The van der Waals surface area contributed by atoms with E-state index in [2.05, 4.69) is 16.0 Å². The van der Waals surface area contributed by atoms with E-state index in [1.807, 2.05) is 19.9 Å². The molecule has 0 saturated carbocycles. The van der Waals surface area contributed by atoms with Crippen LogP contribution in [0, 0.1) is 0 Å². The Morgan fingerprint density at radius 2 is 2.15 bits per heavy atom. The number of rotatable bonds is 4. The molecule has 20 heavy (non-hydrogen) atoms. The van der Waals surface area contributed by atoms with Gasteiger partial charge in [-0.15, -0.1) is 0 Å². The van der Waals surface area contributed by atoms with Crippen LogP contribution < -0.4 is 21.7 Å². The zero-order chi connectivity index (χ0) is 14.7. The first-order valence-corrected chi connectivity index (χ1v) is 6.71. The third kappa shape index (κ3) is 3.40. The minimum absolute atomic E-state index is 0.00534. The molecule has 0 aromatic heterocycles. The van der Waals surface area contributed by atoms with Crippen LogP contribution in [-0.2, 0) is 16.0 Å². The van der Waals surface area contributed by atoms with Crippen LogP contribution in [0.3, 0.4) is 0 Å². The predicted molar refractivity (Wildman–Crippen MR) is 79.6 cm³/mol. The largest absolute Gasteiger partial charge is 0.397 e. The molecule has 0 bridgehead atoms. The Kier molecular flexibility index (Phi) is 4.12. The van der Waals surface area contributed by atoms with Crippen molar-refractivity contribution in [1.29, 1.82) is 0 Å². The van der Waals surface area contributed by atoms with Gasteiger partial charge in [-0.25, -0.2) is 0 Å². The Bertz CT molecular complexity index is 540. The molecule has 6 heteroatoms. The fraction of sp³-hybridized carbons (Fsp3) is 0.429. The van der Waals surface area contributed by atoms with Gasteiger partial charge in [-0.2, -0.15) is 0 Å². The molecule has 6 nitrogen and oxygen atoms in total. The van der Waals surface area contributed by atoms with E-state index in [1.54, 1.807) is 6.07 Å². The van der Waals surface area contributed by atoms with Gasteiger partial charge in [-0.3, -0.25) is 9.59 Å². The molecular formula is C14H20N4O2.